The van der Waals surface area contributed by atoms with Crippen LogP contribution in [0.2, 0.25) is 0 Å². The van der Waals surface area contributed by atoms with Gasteiger partial charge in [0.1, 0.15) is 5.41 Å². The lowest BCUT2D eigenvalue weighted by molar-refractivity contribution is -0.148. The number of hydrogen-bond donors (Lipinski definition) is 1. The average molecular weight is 347 g/mol. The van der Waals surface area contributed by atoms with Gasteiger partial charge in [-0.15, -0.1) is 0 Å². The number of carbonyl (C=O) groups excluding carboxylic acids is 3. The number of carbonyl (C=O) groups is 3. The Balaban J connectivity index is 1.65. The standard InChI is InChI=1S/C17H21N3O5/c1-17(2,16(23)20-7-5-19(10-21)6-8-20)15(22)18-12-3-4-13-14(9-12)25-11-24-13/h3-4,9-10H,5-8,11H2,1-2H3,(H,18,22). The summed E-state index contributed by atoms with van der Waals surface area (Å²) < 4.78 is 10.5. The van der Waals surface area contributed by atoms with Gasteiger partial charge in [-0.1, -0.05) is 0 Å². The zero-order valence-corrected chi connectivity index (χ0v) is 14.3. The molecule has 1 aromatic carbocycles. The number of ether oxygens (including phenoxy) is 2. The summed E-state index contributed by atoms with van der Waals surface area (Å²) in [6.45, 7) is 5.18. The van der Waals surface area contributed by atoms with Crippen molar-refractivity contribution in [1.29, 1.82) is 0 Å². The highest BCUT2D eigenvalue weighted by Gasteiger charge is 2.40. The average Bonchev–Trinajstić information content (AvgIpc) is 3.08. The molecule has 3 rings (SSSR count). The van der Waals surface area contributed by atoms with Crippen molar-refractivity contribution >= 4 is 23.9 Å². The Morgan fingerprint density at radius 1 is 1.12 bits per heavy atom. The lowest BCUT2D eigenvalue weighted by Gasteiger charge is -2.36. The summed E-state index contributed by atoms with van der Waals surface area (Å²) in [5.74, 6) is 0.541. The van der Waals surface area contributed by atoms with E-state index in [2.05, 4.69) is 5.32 Å². The van der Waals surface area contributed by atoms with Gasteiger partial charge < -0.3 is 24.6 Å². The first kappa shape index (κ1) is 17.1. The summed E-state index contributed by atoms with van der Waals surface area (Å²) in [6, 6.07) is 5.09. The van der Waals surface area contributed by atoms with Crippen molar-refractivity contribution in [1.82, 2.24) is 9.80 Å². The second-order valence-corrected chi connectivity index (χ2v) is 6.58. The molecule has 25 heavy (non-hydrogen) atoms. The molecule has 0 aromatic heterocycles. The van der Waals surface area contributed by atoms with E-state index >= 15 is 0 Å². The van der Waals surface area contributed by atoms with Gasteiger partial charge in [0.15, 0.2) is 11.5 Å². The van der Waals surface area contributed by atoms with E-state index in [-0.39, 0.29) is 12.7 Å². The van der Waals surface area contributed by atoms with Crippen molar-refractivity contribution in [2.45, 2.75) is 13.8 Å². The fourth-order valence-corrected chi connectivity index (χ4v) is 2.78. The summed E-state index contributed by atoms with van der Waals surface area (Å²) in [6.07, 6.45) is 0.777. The van der Waals surface area contributed by atoms with Crippen LogP contribution in [-0.2, 0) is 14.4 Å². The molecule has 1 N–H and O–H groups in total. The van der Waals surface area contributed by atoms with E-state index in [1.165, 1.54) is 0 Å². The number of fused-ring (bicyclic) bond motifs is 1. The van der Waals surface area contributed by atoms with E-state index in [4.69, 9.17) is 9.47 Å². The van der Waals surface area contributed by atoms with E-state index in [0.717, 1.165) is 6.41 Å². The predicted molar refractivity (Wildman–Crippen MR) is 89.2 cm³/mol. The Morgan fingerprint density at radius 2 is 1.80 bits per heavy atom. The Kier molecular flexibility index (Phi) is 4.52. The molecule has 0 aliphatic carbocycles. The quantitative estimate of drug-likeness (QED) is 0.639. The maximum atomic E-state index is 12.7. The minimum atomic E-state index is -1.22. The van der Waals surface area contributed by atoms with Crippen molar-refractivity contribution in [2.24, 2.45) is 5.41 Å². The highest BCUT2D eigenvalue weighted by atomic mass is 16.7. The van der Waals surface area contributed by atoms with Crippen LogP contribution >= 0.6 is 0 Å². The molecule has 0 spiro atoms. The molecule has 1 fully saturated rings. The smallest absolute Gasteiger partial charge is 0.239 e. The lowest BCUT2D eigenvalue weighted by atomic mass is 9.89. The summed E-state index contributed by atoms with van der Waals surface area (Å²) >= 11 is 0. The monoisotopic (exact) mass is 347 g/mol. The number of piperazine rings is 1. The maximum absolute atomic E-state index is 12.7. The third-order valence-corrected chi connectivity index (χ3v) is 4.48. The second kappa shape index (κ2) is 6.62. The summed E-state index contributed by atoms with van der Waals surface area (Å²) in [5, 5.41) is 2.76. The summed E-state index contributed by atoms with van der Waals surface area (Å²) in [4.78, 5) is 39.4. The van der Waals surface area contributed by atoms with E-state index in [0.29, 0.717) is 43.4 Å². The van der Waals surface area contributed by atoms with Crippen LogP contribution in [0.1, 0.15) is 13.8 Å². The van der Waals surface area contributed by atoms with Crippen molar-refractivity contribution in [3.8, 4) is 11.5 Å². The van der Waals surface area contributed by atoms with Crippen LogP contribution in [0.15, 0.2) is 18.2 Å². The normalized spacial score (nSPS) is 16.6. The van der Waals surface area contributed by atoms with Crippen molar-refractivity contribution < 1.29 is 23.9 Å². The number of nitrogens with one attached hydrogen (secondary N) is 1. The van der Waals surface area contributed by atoms with Crippen LogP contribution in [-0.4, -0.2) is 61.0 Å². The van der Waals surface area contributed by atoms with Gasteiger partial charge >= 0.3 is 0 Å². The number of amides is 3. The van der Waals surface area contributed by atoms with E-state index in [1.807, 2.05) is 0 Å². The largest absolute Gasteiger partial charge is 0.454 e. The molecule has 134 valence electrons. The Labute approximate surface area is 145 Å². The van der Waals surface area contributed by atoms with Gasteiger partial charge in [-0.05, 0) is 26.0 Å². The van der Waals surface area contributed by atoms with Crippen LogP contribution in [0, 0.1) is 5.41 Å². The van der Waals surface area contributed by atoms with Gasteiger partial charge in [0.25, 0.3) is 0 Å². The number of rotatable bonds is 4. The van der Waals surface area contributed by atoms with Crippen molar-refractivity contribution in [3.05, 3.63) is 18.2 Å². The van der Waals surface area contributed by atoms with Gasteiger partial charge in [-0.3, -0.25) is 14.4 Å². The molecule has 3 amide bonds. The third-order valence-electron chi connectivity index (χ3n) is 4.48. The molecule has 8 heteroatoms. The van der Waals surface area contributed by atoms with Gasteiger partial charge in [0.2, 0.25) is 25.0 Å². The number of anilines is 1. The molecule has 1 saturated heterocycles. The van der Waals surface area contributed by atoms with Crippen LogP contribution in [0.25, 0.3) is 0 Å². The fraction of sp³-hybridized carbons (Fsp3) is 0.471. The summed E-state index contributed by atoms with van der Waals surface area (Å²) in [7, 11) is 0. The van der Waals surface area contributed by atoms with Crippen LogP contribution in [0.5, 0.6) is 11.5 Å². The molecule has 0 saturated carbocycles. The highest BCUT2D eigenvalue weighted by Crippen LogP contribution is 2.34. The Morgan fingerprint density at radius 3 is 2.48 bits per heavy atom. The van der Waals surface area contributed by atoms with Crippen LogP contribution in [0.3, 0.4) is 0 Å². The summed E-state index contributed by atoms with van der Waals surface area (Å²) in [5.41, 5.74) is -0.680. The SMILES string of the molecule is CC(C)(C(=O)Nc1ccc2c(c1)OCO2)C(=O)N1CCN(C=O)CC1. The van der Waals surface area contributed by atoms with Gasteiger partial charge in [0, 0.05) is 37.9 Å². The Bertz CT molecular complexity index is 696. The molecule has 2 aliphatic rings. The molecule has 2 aliphatic heterocycles. The first-order chi connectivity index (χ1) is 11.9. The number of hydrogen-bond acceptors (Lipinski definition) is 5. The molecule has 0 radical (unpaired) electrons. The van der Waals surface area contributed by atoms with E-state index in [9.17, 15) is 14.4 Å². The zero-order valence-electron chi connectivity index (χ0n) is 14.3. The van der Waals surface area contributed by atoms with Gasteiger partial charge in [-0.25, -0.2) is 0 Å². The zero-order chi connectivity index (χ0) is 18.0. The maximum Gasteiger partial charge on any atom is 0.239 e. The topological polar surface area (TPSA) is 88.2 Å². The molecule has 0 atom stereocenters. The molecule has 0 bridgehead atoms. The fourth-order valence-electron chi connectivity index (χ4n) is 2.78. The Hall–Kier alpha value is -2.77. The van der Waals surface area contributed by atoms with Gasteiger partial charge in [-0.2, -0.15) is 0 Å². The van der Waals surface area contributed by atoms with Crippen molar-refractivity contribution in [3.63, 3.8) is 0 Å². The minimum Gasteiger partial charge on any atom is -0.454 e. The molecule has 2 heterocycles. The molecule has 0 unspecified atom stereocenters. The van der Waals surface area contributed by atoms with Crippen molar-refractivity contribution in [2.75, 3.05) is 38.3 Å². The van der Waals surface area contributed by atoms with Crippen LogP contribution < -0.4 is 14.8 Å². The second-order valence-electron chi connectivity index (χ2n) is 6.58. The minimum absolute atomic E-state index is 0.156. The highest BCUT2D eigenvalue weighted by molar-refractivity contribution is 6.10. The number of benzene rings is 1. The first-order valence-corrected chi connectivity index (χ1v) is 8.11. The first-order valence-electron chi connectivity index (χ1n) is 8.11. The van der Waals surface area contributed by atoms with E-state index < -0.39 is 11.3 Å². The lowest BCUT2D eigenvalue weighted by Crippen LogP contribution is -2.54. The van der Waals surface area contributed by atoms with Crippen LogP contribution in [0.4, 0.5) is 5.69 Å². The molecular formula is C17H21N3O5. The van der Waals surface area contributed by atoms with Gasteiger partial charge in [0.05, 0.1) is 0 Å². The number of nitrogens with zero attached hydrogens (tertiary/aromatic N) is 2. The van der Waals surface area contributed by atoms with E-state index in [1.54, 1.807) is 41.8 Å². The molecular weight excluding hydrogens is 326 g/mol. The predicted octanol–water partition coefficient (Wildman–Crippen LogP) is 0.681. The molecule has 8 nitrogen and oxygen atoms in total. The third kappa shape index (κ3) is 3.38. The molecule has 1 aromatic rings.